The van der Waals surface area contributed by atoms with Crippen molar-refractivity contribution in [2.75, 3.05) is 12.3 Å². The zero-order valence-electron chi connectivity index (χ0n) is 18.4. The highest BCUT2D eigenvalue weighted by atomic mass is 32.2. The van der Waals surface area contributed by atoms with Gasteiger partial charge in [-0.15, -0.1) is 11.8 Å². The summed E-state index contributed by atoms with van der Waals surface area (Å²) in [6, 6.07) is 30.9. The third-order valence-electron chi connectivity index (χ3n) is 6.10. The van der Waals surface area contributed by atoms with E-state index >= 15 is 0 Å². The Hall–Kier alpha value is -3.05. The van der Waals surface area contributed by atoms with Crippen LogP contribution in [0.15, 0.2) is 91.0 Å². The van der Waals surface area contributed by atoms with E-state index in [0.29, 0.717) is 6.54 Å². The highest BCUT2D eigenvalue weighted by molar-refractivity contribution is 8.01. The first-order valence-electron chi connectivity index (χ1n) is 10.8. The fourth-order valence-electron chi connectivity index (χ4n) is 4.30. The molecule has 3 aromatic carbocycles. The van der Waals surface area contributed by atoms with Crippen molar-refractivity contribution >= 4 is 23.6 Å². The monoisotopic (exact) mass is 444 g/mol. The van der Waals surface area contributed by atoms with E-state index in [1.807, 2.05) is 68.4 Å². The molecule has 0 bridgehead atoms. The number of rotatable bonds is 8. The highest BCUT2D eigenvalue weighted by Gasteiger charge is 2.46. The number of amides is 2. The highest BCUT2D eigenvalue weighted by Crippen LogP contribution is 2.48. The molecule has 2 amide bonds. The predicted molar refractivity (Wildman–Crippen MR) is 130 cm³/mol. The van der Waals surface area contributed by atoms with Gasteiger partial charge in [-0.25, -0.2) is 0 Å². The maximum atomic E-state index is 12.9. The molecule has 1 saturated heterocycles. The minimum Gasteiger partial charge on any atom is -0.354 e. The Labute approximate surface area is 193 Å². The first-order valence-corrected chi connectivity index (χ1v) is 11.8. The molecule has 3 aromatic rings. The van der Waals surface area contributed by atoms with Crippen LogP contribution in [0.25, 0.3) is 0 Å². The SMILES string of the molecule is CC1(C)NC(=O)[C@H]1CNC(=O)CSC(c1ccccc1)(c1ccccc1)c1ccccc1. The van der Waals surface area contributed by atoms with Gasteiger partial charge in [0.2, 0.25) is 11.8 Å². The van der Waals surface area contributed by atoms with Gasteiger partial charge in [-0.2, -0.15) is 0 Å². The molecule has 1 fully saturated rings. The average molecular weight is 445 g/mol. The van der Waals surface area contributed by atoms with Gasteiger partial charge in [-0.3, -0.25) is 9.59 Å². The van der Waals surface area contributed by atoms with Crippen molar-refractivity contribution in [3.8, 4) is 0 Å². The Balaban J connectivity index is 1.63. The Bertz CT molecular complexity index is 972. The van der Waals surface area contributed by atoms with Crippen LogP contribution < -0.4 is 10.6 Å². The van der Waals surface area contributed by atoms with Crippen molar-refractivity contribution in [1.29, 1.82) is 0 Å². The second-order valence-corrected chi connectivity index (χ2v) is 9.83. The van der Waals surface area contributed by atoms with E-state index < -0.39 is 4.75 Å². The van der Waals surface area contributed by atoms with Crippen LogP contribution >= 0.6 is 11.8 Å². The lowest BCUT2D eigenvalue weighted by Gasteiger charge is -2.44. The van der Waals surface area contributed by atoms with Crippen LogP contribution in [0.5, 0.6) is 0 Å². The molecular formula is C27H28N2O2S. The third-order valence-corrected chi connectivity index (χ3v) is 7.64. The summed E-state index contributed by atoms with van der Waals surface area (Å²) in [4.78, 5) is 24.7. The molecule has 4 rings (SSSR count). The molecule has 1 aliphatic heterocycles. The molecule has 5 heteroatoms. The van der Waals surface area contributed by atoms with Crippen LogP contribution in [0.1, 0.15) is 30.5 Å². The molecule has 1 heterocycles. The van der Waals surface area contributed by atoms with Crippen molar-refractivity contribution < 1.29 is 9.59 Å². The summed E-state index contributed by atoms with van der Waals surface area (Å²) in [6.45, 7) is 4.31. The summed E-state index contributed by atoms with van der Waals surface area (Å²) in [5, 5.41) is 5.86. The van der Waals surface area contributed by atoms with Gasteiger partial charge >= 0.3 is 0 Å². The Morgan fingerprint density at radius 2 is 1.31 bits per heavy atom. The van der Waals surface area contributed by atoms with Crippen molar-refractivity contribution in [1.82, 2.24) is 10.6 Å². The van der Waals surface area contributed by atoms with Crippen LogP contribution in [-0.4, -0.2) is 29.7 Å². The number of thioether (sulfide) groups is 1. The minimum atomic E-state index is -0.533. The molecular weight excluding hydrogens is 416 g/mol. The van der Waals surface area contributed by atoms with E-state index in [0.717, 1.165) is 16.7 Å². The lowest BCUT2D eigenvalue weighted by molar-refractivity contribution is -0.139. The molecule has 0 saturated carbocycles. The van der Waals surface area contributed by atoms with Crippen LogP contribution in [0.4, 0.5) is 0 Å². The number of hydrogen-bond donors (Lipinski definition) is 2. The van der Waals surface area contributed by atoms with Gasteiger partial charge in [0.25, 0.3) is 0 Å². The lowest BCUT2D eigenvalue weighted by Crippen LogP contribution is -2.68. The van der Waals surface area contributed by atoms with Crippen molar-refractivity contribution in [3.05, 3.63) is 108 Å². The fourth-order valence-corrected chi connectivity index (χ4v) is 5.66. The Kier molecular flexibility index (Phi) is 6.38. The van der Waals surface area contributed by atoms with E-state index in [9.17, 15) is 9.59 Å². The molecule has 0 spiro atoms. The lowest BCUT2D eigenvalue weighted by atomic mass is 9.79. The standard InChI is InChI=1S/C27H28N2O2S/c1-26(2)23(25(31)29-26)18-28-24(30)19-32-27(20-12-6-3-7-13-20,21-14-8-4-9-15-21)22-16-10-5-11-17-22/h3-17,23H,18-19H2,1-2H3,(H,28,30)(H,29,31)/t23-/m1/s1. The number of β-lactam (4-membered cyclic amide) rings is 1. The van der Waals surface area contributed by atoms with Crippen LogP contribution in [-0.2, 0) is 14.3 Å². The largest absolute Gasteiger partial charge is 0.354 e. The molecule has 0 aliphatic carbocycles. The van der Waals surface area contributed by atoms with Crippen LogP contribution in [0, 0.1) is 5.92 Å². The van der Waals surface area contributed by atoms with E-state index in [1.165, 1.54) is 0 Å². The molecule has 2 N–H and O–H groups in total. The average Bonchev–Trinajstić information content (AvgIpc) is 2.81. The summed E-state index contributed by atoms with van der Waals surface area (Å²) in [5.74, 6) is -0.000570. The van der Waals surface area contributed by atoms with Gasteiger partial charge < -0.3 is 10.6 Å². The number of benzene rings is 3. The molecule has 1 atom stereocenters. The first-order chi connectivity index (χ1) is 15.4. The van der Waals surface area contributed by atoms with Crippen LogP contribution in [0.3, 0.4) is 0 Å². The molecule has 1 aliphatic rings. The normalized spacial score (nSPS) is 17.2. The molecule has 164 valence electrons. The van der Waals surface area contributed by atoms with Crippen LogP contribution in [0.2, 0.25) is 0 Å². The van der Waals surface area contributed by atoms with E-state index in [1.54, 1.807) is 11.8 Å². The van der Waals surface area contributed by atoms with Crippen molar-refractivity contribution in [3.63, 3.8) is 0 Å². The topological polar surface area (TPSA) is 58.2 Å². The van der Waals surface area contributed by atoms with Gasteiger partial charge in [0, 0.05) is 12.1 Å². The predicted octanol–water partition coefficient (Wildman–Crippen LogP) is 4.35. The fraction of sp³-hybridized carbons (Fsp3) is 0.259. The third kappa shape index (κ3) is 4.30. The van der Waals surface area contributed by atoms with E-state index in [-0.39, 0.29) is 29.0 Å². The Morgan fingerprint density at radius 1 is 0.875 bits per heavy atom. The first kappa shape index (κ1) is 22.2. The summed E-state index contributed by atoms with van der Waals surface area (Å²) in [7, 11) is 0. The van der Waals surface area contributed by atoms with Gasteiger partial charge in [0.1, 0.15) is 0 Å². The summed E-state index contributed by atoms with van der Waals surface area (Å²) < 4.78 is -0.533. The molecule has 4 nitrogen and oxygen atoms in total. The molecule has 0 aromatic heterocycles. The number of nitrogens with one attached hydrogen (secondary N) is 2. The Morgan fingerprint density at radius 3 is 1.69 bits per heavy atom. The van der Waals surface area contributed by atoms with Crippen molar-refractivity contribution in [2.45, 2.75) is 24.1 Å². The van der Waals surface area contributed by atoms with Gasteiger partial charge in [0.05, 0.1) is 16.4 Å². The summed E-state index contributed by atoms with van der Waals surface area (Å²) >= 11 is 1.60. The maximum Gasteiger partial charge on any atom is 0.230 e. The number of carbonyl (C=O) groups excluding carboxylic acids is 2. The molecule has 32 heavy (non-hydrogen) atoms. The molecule has 0 unspecified atom stereocenters. The summed E-state index contributed by atoms with van der Waals surface area (Å²) in [5.41, 5.74) is 3.08. The quantitative estimate of drug-likeness (QED) is 0.401. The van der Waals surface area contributed by atoms with Crippen molar-refractivity contribution in [2.24, 2.45) is 5.92 Å². The van der Waals surface area contributed by atoms with E-state index in [2.05, 4.69) is 47.0 Å². The number of hydrogen-bond acceptors (Lipinski definition) is 3. The zero-order chi connectivity index (χ0) is 22.6. The number of carbonyl (C=O) groups is 2. The molecule has 0 radical (unpaired) electrons. The smallest absolute Gasteiger partial charge is 0.230 e. The zero-order valence-corrected chi connectivity index (χ0v) is 19.2. The van der Waals surface area contributed by atoms with Gasteiger partial charge in [0.15, 0.2) is 0 Å². The second-order valence-electron chi connectivity index (χ2n) is 8.64. The second kappa shape index (κ2) is 9.21. The van der Waals surface area contributed by atoms with Gasteiger partial charge in [-0.05, 0) is 30.5 Å². The van der Waals surface area contributed by atoms with Gasteiger partial charge in [-0.1, -0.05) is 91.0 Å². The minimum absolute atomic E-state index is 0.00448. The maximum absolute atomic E-state index is 12.9. The summed E-state index contributed by atoms with van der Waals surface area (Å²) in [6.07, 6.45) is 0. The van der Waals surface area contributed by atoms with E-state index in [4.69, 9.17) is 0 Å².